The zero-order chi connectivity index (χ0) is 16.4. The van der Waals surface area contributed by atoms with E-state index in [1.165, 1.54) is 12.8 Å². The molecule has 23 heavy (non-hydrogen) atoms. The van der Waals surface area contributed by atoms with Crippen LogP contribution in [-0.2, 0) is 0 Å². The molecule has 2 amide bonds. The van der Waals surface area contributed by atoms with E-state index in [2.05, 4.69) is 47.2 Å². The number of allylic oxidation sites excluding steroid dienone is 2. The minimum absolute atomic E-state index is 0.0172. The molecular weight excluding hydrogens is 352 g/mol. The van der Waals surface area contributed by atoms with Gasteiger partial charge in [-0.25, -0.2) is 4.79 Å². The molecule has 0 saturated heterocycles. The summed E-state index contributed by atoms with van der Waals surface area (Å²) in [6, 6.07) is 7.78. The second-order valence-electron chi connectivity index (χ2n) is 7.28. The maximum absolute atomic E-state index is 12.7. The molecule has 4 heteroatoms. The van der Waals surface area contributed by atoms with Crippen LogP contribution in [0.4, 0.5) is 10.5 Å². The maximum atomic E-state index is 12.7. The molecule has 3 atom stereocenters. The highest BCUT2D eigenvalue weighted by Crippen LogP contribution is 2.43. The third-order valence-corrected chi connectivity index (χ3v) is 5.31. The standard InChI is InChI=1S/C19H25BrN2O/c1-13(2)11-22(12-16-9-14-6-7-15(16)8-14)19(23)21-18-5-3-4-17(20)10-18/h3-7,10,13-16H,8-9,11-12H2,1-2H3,(H,21,23). The average molecular weight is 377 g/mol. The van der Waals surface area contributed by atoms with Crippen molar-refractivity contribution in [1.29, 1.82) is 0 Å². The van der Waals surface area contributed by atoms with E-state index in [1.807, 2.05) is 29.2 Å². The van der Waals surface area contributed by atoms with Gasteiger partial charge in [-0.05, 0) is 54.7 Å². The second-order valence-corrected chi connectivity index (χ2v) is 8.20. The van der Waals surface area contributed by atoms with Gasteiger partial charge in [-0.15, -0.1) is 0 Å². The number of nitrogens with zero attached hydrogens (tertiary/aromatic N) is 1. The largest absolute Gasteiger partial charge is 0.324 e. The smallest absolute Gasteiger partial charge is 0.321 e. The van der Waals surface area contributed by atoms with Crippen molar-refractivity contribution in [1.82, 2.24) is 4.90 Å². The summed E-state index contributed by atoms with van der Waals surface area (Å²) < 4.78 is 0.976. The Labute approximate surface area is 147 Å². The molecule has 3 unspecified atom stereocenters. The first-order chi connectivity index (χ1) is 11.0. The highest BCUT2D eigenvalue weighted by Gasteiger charge is 2.37. The van der Waals surface area contributed by atoms with Crippen molar-refractivity contribution in [3.8, 4) is 0 Å². The molecule has 2 bridgehead atoms. The van der Waals surface area contributed by atoms with Crippen LogP contribution in [0, 0.1) is 23.7 Å². The van der Waals surface area contributed by atoms with Crippen molar-refractivity contribution in [2.75, 3.05) is 18.4 Å². The summed E-state index contributed by atoms with van der Waals surface area (Å²) in [4.78, 5) is 14.7. The van der Waals surface area contributed by atoms with E-state index >= 15 is 0 Å². The van der Waals surface area contributed by atoms with Crippen LogP contribution in [0.2, 0.25) is 0 Å². The molecule has 3 rings (SSSR count). The van der Waals surface area contributed by atoms with E-state index < -0.39 is 0 Å². The lowest BCUT2D eigenvalue weighted by atomic mass is 9.93. The van der Waals surface area contributed by atoms with Crippen LogP contribution in [0.25, 0.3) is 0 Å². The second kappa shape index (κ2) is 7.08. The fourth-order valence-corrected chi connectivity index (χ4v) is 4.24. The Balaban J connectivity index is 1.65. The fourth-order valence-electron chi connectivity index (χ4n) is 3.84. The Morgan fingerprint density at radius 2 is 2.17 bits per heavy atom. The Hall–Kier alpha value is -1.29. The Kier molecular flexibility index (Phi) is 5.10. The molecule has 124 valence electrons. The van der Waals surface area contributed by atoms with E-state index in [-0.39, 0.29) is 6.03 Å². The van der Waals surface area contributed by atoms with Gasteiger partial charge in [-0.3, -0.25) is 0 Å². The molecule has 0 aliphatic heterocycles. The highest BCUT2D eigenvalue weighted by molar-refractivity contribution is 9.10. The lowest BCUT2D eigenvalue weighted by molar-refractivity contribution is 0.187. The first-order valence-corrected chi connectivity index (χ1v) is 9.30. The minimum atomic E-state index is 0.0172. The Bertz CT molecular complexity index is 599. The van der Waals surface area contributed by atoms with Gasteiger partial charge in [0.05, 0.1) is 0 Å². The van der Waals surface area contributed by atoms with Crippen molar-refractivity contribution >= 4 is 27.6 Å². The van der Waals surface area contributed by atoms with Crippen molar-refractivity contribution in [2.24, 2.45) is 23.7 Å². The van der Waals surface area contributed by atoms with Gasteiger partial charge in [-0.2, -0.15) is 0 Å². The van der Waals surface area contributed by atoms with E-state index in [9.17, 15) is 4.79 Å². The van der Waals surface area contributed by atoms with Crippen LogP contribution < -0.4 is 5.32 Å². The number of anilines is 1. The summed E-state index contributed by atoms with van der Waals surface area (Å²) in [5.74, 6) is 2.52. The number of urea groups is 1. The minimum Gasteiger partial charge on any atom is -0.324 e. The topological polar surface area (TPSA) is 32.3 Å². The first-order valence-electron chi connectivity index (χ1n) is 8.51. The van der Waals surface area contributed by atoms with Crippen LogP contribution in [0.5, 0.6) is 0 Å². The maximum Gasteiger partial charge on any atom is 0.321 e. The molecule has 2 aliphatic rings. The zero-order valence-corrected chi connectivity index (χ0v) is 15.4. The molecule has 0 heterocycles. The molecule has 2 aliphatic carbocycles. The van der Waals surface area contributed by atoms with Crippen LogP contribution >= 0.6 is 15.9 Å². The summed E-state index contributed by atoms with van der Waals surface area (Å²) in [6.45, 7) is 6.00. The van der Waals surface area contributed by atoms with E-state index in [1.54, 1.807) is 0 Å². The van der Waals surface area contributed by atoms with Crippen LogP contribution in [0.15, 0.2) is 40.9 Å². The predicted octanol–water partition coefficient (Wildman–Crippen LogP) is 5.15. The molecule has 3 nitrogen and oxygen atoms in total. The quantitative estimate of drug-likeness (QED) is 0.707. The number of hydrogen-bond donors (Lipinski definition) is 1. The number of nitrogens with one attached hydrogen (secondary N) is 1. The van der Waals surface area contributed by atoms with E-state index in [4.69, 9.17) is 0 Å². The fraction of sp³-hybridized carbons (Fsp3) is 0.526. The van der Waals surface area contributed by atoms with Gasteiger partial charge in [0.15, 0.2) is 0 Å². The number of hydrogen-bond acceptors (Lipinski definition) is 1. The van der Waals surface area contributed by atoms with Crippen LogP contribution in [0.3, 0.4) is 0 Å². The normalized spacial score (nSPS) is 25.1. The summed E-state index contributed by atoms with van der Waals surface area (Å²) >= 11 is 3.45. The third kappa shape index (κ3) is 4.17. The lowest BCUT2D eigenvalue weighted by Gasteiger charge is -2.30. The van der Waals surface area contributed by atoms with Crippen molar-refractivity contribution in [2.45, 2.75) is 26.7 Å². The number of amides is 2. The molecular formula is C19H25BrN2O. The summed E-state index contributed by atoms with van der Waals surface area (Å²) in [7, 11) is 0. The number of benzene rings is 1. The van der Waals surface area contributed by atoms with Crippen LogP contribution in [0.1, 0.15) is 26.7 Å². The molecule has 1 N–H and O–H groups in total. The monoisotopic (exact) mass is 376 g/mol. The Morgan fingerprint density at radius 1 is 1.35 bits per heavy atom. The van der Waals surface area contributed by atoms with Crippen molar-refractivity contribution < 1.29 is 4.79 Å². The van der Waals surface area contributed by atoms with Crippen molar-refractivity contribution in [3.63, 3.8) is 0 Å². The molecule has 1 aromatic rings. The molecule has 0 radical (unpaired) electrons. The zero-order valence-electron chi connectivity index (χ0n) is 13.8. The van der Waals surface area contributed by atoms with Gasteiger partial charge in [0.1, 0.15) is 0 Å². The van der Waals surface area contributed by atoms with Crippen LogP contribution in [-0.4, -0.2) is 24.0 Å². The SMILES string of the molecule is CC(C)CN(CC1CC2C=CC1C2)C(=O)Nc1cccc(Br)c1. The third-order valence-electron chi connectivity index (χ3n) is 4.82. The van der Waals surface area contributed by atoms with Gasteiger partial charge >= 0.3 is 6.03 Å². The van der Waals surface area contributed by atoms with E-state index in [0.717, 1.165) is 29.2 Å². The average Bonchev–Trinajstić information content (AvgIpc) is 3.08. The Morgan fingerprint density at radius 3 is 2.78 bits per heavy atom. The van der Waals surface area contributed by atoms with Gasteiger partial charge < -0.3 is 10.2 Å². The molecule has 0 aromatic heterocycles. The summed E-state index contributed by atoms with van der Waals surface area (Å²) in [6.07, 6.45) is 7.24. The van der Waals surface area contributed by atoms with Gasteiger partial charge in [0.2, 0.25) is 0 Å². The van der Waals surface area contributed by atoms with Gasteiger partial charge in [0.25, 0.3) is 0 Å². The number of halogens is 1. The highest BCUT2D eigenvalue weighted by atomic mass is 79.9. The predicted molar refractivity (Wildman–Crippen MR) is 98.4 cm³/mol. The summed E-state index contributed by atoms with van der Waals surface area (Å²) in [5, 5.41) is 3.05. The van der Waals surface area contributed by atoms with Gasteiger partial charge in [0, 0.05) is 23.2 Å². The van der Waals surface area contributed by atoms with E-state index in [0.29, 0.717) is 17.8 Å². The first kappa shape index (κ1) is 16.6. The van der Waals surface area contributed by atoms with Crippen molar-refractivity contribution in [3.05, 3.63) is 40.9 Å². The molecule has 1 aromatic carbocycles. The molecule has 1 fully saturated rings. The number of carbonyl (C=O) groups excluding carboxylic acids is 1. The lowest BCUT2D eigenvalue weighted by Crippen LogP contribution is -2.41. The number of fused-ring (bicyclic) bond motifs is 2. The molecule has 0 spiro atoms. The summed E-state index contributed by atoms with van der Waals surface area (Å²) in [5.41, 5.74) is 0.839. The molecule has 1 saturated carbocycles. The van der Waals surface area contributed by atoms with Gasteiger partial charge in [-0.1, -0.05) is 48.0 Å². The number of carbonyl (C=O) groups is 1. The number of rotatable bonds is 5.